The molecule has 124 valence electrons. The van der Waals surface area contributed by atoms with E-state index in [0.717, 1.165) is 11.3 Å². The number of nitrogens with one attached hydrogen (secondary N) is 1. The summed E-state index contributed by atoms with van der Waals surface area (Å²) in [4.78, 5) is 8.33. The molecular weight excluding hydrogens is 326 g/mol. The highest BCUT2D eigenvalue weighted by Gasteiger charge is 2.19. The first-order valence-corrected chi connectivity index (χ1v) is 8.87. The first kappa shape index (κ1) is 16.3. The third kappa shape index (κ3) is 3.66. The molecule has 0 aliphatic rings. The van der Waals surface area contributed by atoms with E-state index < -0.39 is 10.0 Å². The number of aromatic nitrogens is 4. The van der Waals surface area contributed by atoms with Crippen LogP contribution in [0.3, 0.4) is 0 Å². The molecule has 2 heterocycles. The zero-order valence-electron chi connectivity index (χ0n) is 13.1. The second-order valence-corrected chi connectivity index (χ2v) is 6.98. The summed E-state index contributed by atoms with van der Waals surface area (Å²) in [6, 6.07) is 6.87. The van der Waals surface area contributed by atoms with Crippen LogP contribution < -0.4 is 4.72 Å². The van der Waals surface area contributed by atoms with Crippen LogP contribution in [0.25, 0.3) is 11.1 Å². The molecule has 0 unspecified atom stereocenters. The summed E-state index contributed by atoms with van der Waals surface area (Å²) in [5.41, 5.74) is 2.12. The van der Waals surface area contributed by atoms with E-state index in [0.29, 0.717) is 12.0 Å². The van der Waals surface area contributed by atoms with E-state index in [1.165, 1.54) is 0 Å². The van der Waals surface area contributed by atoms with Gasteiger partial charge in [-0.2, -0.15) is 5.10 Å². The molecule has 1 aromatic carbocycles. The number of sulfonamides is 1. The normalized spacial score (nSPS) is 11.5. The lowest BCUT2D eigenvalue weighted by atomic mass is 10.1. The van der Waals surface area contributed by atoms with Crippen molar-refractivity contribution >= 4 is 10.0 Å². The lowest BCUT2D eigenvalue weighted by molar-refractivity contribution is 0.581. The third-order valence-corrected chi connectivity index (χ3v) is 5.00. The molecule has 0 atom stereocenters. The SMILES string of the molecule is Cn1cc(-c2ccccc2S(=O)(=O)NCCc2cnccn2)cn1. The summed E-state index contributed by atoms with van der Waals surface area (Å²) in [5, 5.41) is 4.10. The van der Waals surface area contributed by atoms with Crippen molar-refractivity contribution in [2.45, 2.75) is 11.3 Å². The second kappa shape index (κ2) is 6.90. The van der Waals surface area contributed by atoms with Gasteiger partial charge in [0.05, 0.1) is 16.8 Å². The molecule has 24 heavy (non-hydrogen) atoms. The molecule has 1 N–H and O–H groups in total. The molecule has 2 aromatic heterocycles. The fraction of sp³-hybridized carbons (Fsp3) is 0.188. The van der Waals surface area contributed by atoms with Crippen LogP contribution in [-0.2, 0) is 23.5 Å². The predicted molar refractivity (Wildman–Crippen MR) is 89.6 cm³/mol. The van der Waals surface area contributed by atoms with E-state index in [1.807, 2.05) is 0 Å². The molecule has 0 saturated carbocycles. The maximum absolute atomic E-state index is 12.6. The van der Waals surface area contributed by atoms with E-state index in [9.17, 15) is 8.42 Å². The standard InChI is InChI=1S/C16H17N5O2S/c1-21-12-13(10-19-21)15-4-2-3-5-16(15)24(22,23)20-7-6-14-11-17-8-9-18-14/h2-5,8-12,20H,6-7H2,1H3. The van der Waals surface area contributed by atoms with E-state index in [2.05, 4.69) is 19.8 Å². The van der Waals surface area contributed by atoms with Gasteiger partial charge in [0.15, 0.2) is 0 Å². The van der Waals surface area contributed by atoms with Gasteiger partial charge < -0.3 is 0 Å². The van der Waals surface area contributed by atoms with Gasteiger partial charge in [-0.05, 0) is 6.07 Å². The van der Waals surface area contributed by atoms with Crippen LogP contribution in [0.15, 0.2) is 60.1 Å². The van der Waals surface area contributed by atoms with Crippen molar-refractivity contribution in [1.29, 1.82) is 0 Å². The summed E-state index contributed by atoms with van der Waals surface area (Å²) in [7, 11) is -1.84. The fourth-order valence-corrected chi connectivity index (χ4v) is 3.61. The van der Waals surface area contributed by atoms with Crippen LogP contribution in [0.4, 0.5) is 0 Å². The minimum absolute atomic E-state index is 0.233. The van der Waals surface area contributed by atoms with Gasteiger partial charge in [-0.1, -0.05) is 18.2 Å². The number of rotatable bonds is 6. The van der Waals surface area contributed by atoms with Gasteiger partial charge in [0.1, 0.15) is 0 Å². The molecule has 3 aromatic rings. The van der Waals surface area contributed by atoms with E-state index in [1.54, 1.807) is 67.0 Å². The van der Waals surface area contributed by atoms with Gasteiger partial charge in [0, 0.05) is 55.9 Å². The Balaban J connectivity index is 1.80. The van der Waals surface area contributed by atoms with Gasteiger partial charge in [-0.25, -0.2) is 13.1 Å². The van der Waals surface area contributed by atoms with Crippen LogP contribution in [0.5, 0.6) is 0 Å². The second-order valence-electron chi connectivity index (χ2n) is 5.24. The number of hydrogen-bond donors (Lipinski definition) is 1. The third-order valence-electron chi connectivity index (χ3n) is 3.48. The number of hydrogen-bond acceptors (Lipinski definition) is 5. The van der Waals surface area contributed by atoms with Gasteiger partial charge in [0.25, 0.3) is 0 Å². The van der Waals surface area contributed by atoms with Crippen molar-refractivity contribution in [2.75, 3.05) is 6.54 Å². The summed E-state index contributed by atoms with van der Waals surface area (Å²) in [6.07, 6.45) is 8.70. The zero-order chi connectivity index (χ0) is 17.0. The quantitative estimate of drug-likeness (QED) is 0.731. The van der Waals surface area contributed by atoms with Crippen molar-refractivity contribution in [3.8, 4) is 11.1 Å². The molecule has 0 aliphatic carbocycles. The Kier molecular flexibility index (Phi) is 4.68. The molecule has 0 amide bonds. The summed E-state index contributed by atoms with van der Waals surface area (Å²) < 4.78 is 29.6. The summed E-state index contributed by atoms with van der Waals surface area (Å²) in [6.45, 7) is 0.252. The van der Waals surface area contributed by atoms with Gasteiger partial charge in [0.2, 0.25) is 10.0 Å². The lowest BCUT2D eigenvalue weighted by Gasteiger charge is -2.10. The topological polar surface area (TPSA) is 89.8 Å². The highest BCUT2D eigenvalue weighted by Crippen LogP contribution is 2.26. The Labute approximate surface area is 140 Å². The molecule has 8 heteroatoms. The Bertz CT molecular complexity index is 922. The van der Waals surface area contributed by atoms with E-state index >= 15 is 0 Å². The van der Waals surface area contributed by atoms with Crippen LogP contribution in [0.1, 0.15) is 5.69 Å². The van der Waals surface area contributed by atoms with Crippen molar-refractivity contribution in [3.05, 3.63) is 60.9 Å². The molecule has 0 saturated heterocycles. The largest absolute Gasteiger partial charge is 0.275 e. The Morgan fingerprint density at radius 1 is 1.17 bits per heavy atom. The summed E-state index contributed by atoms with van der Waals surface area (Å²) in [5.74, 6) is 0. The number of benzene rings is 1. The maximum atomic E-state index is 12.6. The molecular formula is C16H17N5O2S. The first-order chi connectivity index (χ1) is 11.6. The molecule has 0 bridgehead atoms. The molecule has 7 nitrogen and oxygen atoms in total. The van der Waals surface area contributed by atoms with Crippen molar-refractivity contribution in [3.63, 3.8) is 0 Å². The molecule has 3 rings (SSSR count). The van der Waals surface area contributed by atoms with Crippen molar-refractivity contribution in [1.82, 2.24) is 24.5 Å². The molecule has 0 fully saturated rings. The van der Waals surface area contributed by atoms with Crippen molar-refractivity contribution in [2.24, 2.45) is 7.05 Å². The van der Waals surface area contributed by atoms with E-state index in [4.69, 9.17) is 0 Å². The first-order valence-electron chi connectivity index (χ1n) is 7.39. The number of aryl methyl sites for hydroxylation is 1. The van der Waals surface area contributed by atoms with Crippen LogP contribution in [-0.4, -0.2) is 34.7 Å². The molecule has 0 aliphatic heterocycles. The van der Waals surface area contributed by atoms with E-state index in [-0.39, 0.29) is 11.4 Å². The van der Waals surface area contributed by atoms with Crippen LogP contribution in [0.2, 0.25) is 0 Å². The smallest absolute Gasteiger partial charge is 0.241 e. The lowest BCUT2D eigenvalue weighted by Crippen LogP contribution is -2.26. The minimum atomic E-state index is -3.64. The Morgan fingerprint density at radius 2 is 2.00 bits per heavy atom. The highest BCUT2D eigenvalue weighted by atomic mass is 32.2. The Morgan fingerprint density at radius 3 is 2.71 bits per heavy atom. The number of nitrogens with zero attached hydrogens (tertiary/aromatic N) is 4. The Hall–Kier alpha value is -2.58. The summed E-state index contributed by atoms with van der Waals surface area (Å²) >= 11 is 0. The minimum Gasteiger partial charge on any atom is -0.275 e. The van der Waals surface area contributed by atoms with Gasteiger partial charge in [-0.3, -0.25) is 14.6 Å². The fourth-order valence-electron chi connectivity index (χ4n) is 2.35. The maximum Gasteiger partial charge on any atom is 0.241 e. The van der Waals surface area contributed by atoms with Gasteiger partial charge in [-0.15, -0.1) is 0 Å². The van der Waals surface area contributed by atoms with Crippen LogP contribution in [0, 0.1) is 0 Å². The van der Waals surface area contributed by atoms with Crippen LogP contribution >= 0.6 is 0 Å². The highest BCUT2D eigenvalue weighted by molar-refractivity contribution is 7.89. The van der Waals surface area contributed by atoms with Gasteiger partial charge >= 0.3 is 0 Å². The average Bonchev–Trinajstić information content (AvgIpc) is 3.02. The zero-order valence-corrected chi connectivity index (χ0v) is 13.9. The molecule has 0 spiro atoms. The average molecular weight is 343 g/mol. The monoisotopic (exact) mass is 343 g/mol. The predicted octanol–water partition coefficient (Wildman–Crippen LogP) is 1.40. The molecule has 0 radical (unpaired) electrons. The van der Waals surface area contributed by atoms with Crippen molar-refractivity contribution < 1.29 is 8.42 Å².